The fourth-order valence-electron chi connectivity index (χ4n) is 1.09. The summed E-state index contributed by atoms with van der Waals surface area (Å²) in [5, 5.41) is 0. The molecule has 0 saturated carbocycles. The third-order valence-corrected chi connectivity index (χ3v) is 2.48. The maximum atomic E-state index is 10.2. The first kappa shape index (κ1) is 13.1. The molecule has 1 unspecified atom stereocenters. The largest absolute Gasteiger partial charge is 0.790 e. The SMILES string of the molecule is CCCCC(CC)COP(=O)([O-])[O-]. The summed E-state index contributed by atoms with van der Waals surface area (Å²) in [6, 6.07) is 0. The molecule has 1 atom stereocenters. The van der Waals surface area contributed by atoms with Crippen LogP contribution in [0.15, 0.2) is 0 Å². The van der Waals surface area contributed by atoms with Gasteiger partial charge in [-0.3, -0.25) is 0 Å². The van der Waals surface area contributed by atoms with Crippen LogP contribution in [0.4, 0.5) is 0 Å². The zero-order valence-electron chi connectivity index (χ0n) is 8.19. The van der Waals surface area contributed by atoms with Gasteiger partial charge in [0.1, 0.15) is 0 Å². The minimum Gasteiger partial charge on any atom is -0.790 e. The van der Waals surface area contributed by atoms with E-state index in [-0.39, 0.29) is 12.5 Å². The van der Waals surface area contributed by atoms with Crippen LogP contribution in [0.1, 0.15) is 39.5 Å². The Hall–Kier alpha value is 0.110. The first-order chi connectivity index (χ1) is 5.99. The zero-order valence-corrected chi connectivity index (χ0v) is 9.09. The summed E-state index contributed by atoms with van der Waals surface area (Å²) in [5.74, 6) is 0.191. The van der Waals surface area contributed by atoms with Crippen molar-refractivity contribution in [1.82, 2.24) is 0 Å². The average Bonchev–Trinajstić information content (AvgIpc) is 2.03. The molecule has 0 fully saturated rings. The van der Waals surface area contributed by atoms with Crippen LogP contribution in [0.5, 0.6) is 0 Å². The molecule has 0 radical (unpaired) electrons. The van der Waals surface area contributed by atoms with E-state index in [1.54, 1.807) is 0 Å². The molecule has 0 saturated heterocycles. The Morgan fingerprint density at radius 2 is 2.00 bits per heavy atom. The molecule has 0 amide bonds. The van der Waals surface area contributed by atoms with Crippen molar-refractivity contribution in [2.24, 2.45) is 5.92 Å². The van der Waals surface area contributed by atoms with E-state index in [1.165, 1.54) is 0 Å². The third-order valence-electron chi connectivity index (χ3n) is 2.01. The van der Waals surface area contributed by atoms with Gasteiger partial charge in [-0.1, -0.05) is 33.1 Å². The predicted molar refractivity (Wildman–Crippen MR) is 46.9 cm³/mol. The smallest absolute Gasteiger partial charge is 0.0596 e. The molecule has 5 heteroatoms. The summed E-state index contributed by atoms with van der Waals surface area (Å²) in [4.78, 5) is 20.4. The van der Waals surface area contributed by atoms with E-state index < -0.39 is 7.82 Å². The minimum atomic E-state index is -4.76. The summed E-state index contributed by atoms with van der Waals surface area (Å²) in [6.45, 7) is 4.07. The molecule has 0 heterocycles. The summed E-state index contributed by atoms with van der Waals surface area (Å²) >= 11 is 0. The van der Waals surface area contributed by atoms with Crippen LogP contribution in [0.3, 0.4) is 0 Å². The molecular formula is C8H17O4P-2. The molecule has 0 aromatic carbocycles. The fraction of sp³-hybridized carbons (Fsp3) is 1.00. The molecule has 0 aromatic heterocycles. The van der Waals surface area contributed by atoms with E-state index in [1.807, 2.05) is 6.92 Å². The molecule has 0 aliphatic heterocycles. The molecule has 0 bridgehead atoms. The Bertz CT molecular complexity index is 166. The van der Waals surface area contributed by atoms with Crippen LogP contribution in [0, 0.1) is 5.92 Å². The van der Waals surface area contributed by atoms with Crippen LogP contribution < -0.4 is 9.79 Å². The van der Waals surface area contributed by atoms with Crippen LogP contribution in [-0.4, -0.2) is 6.61 Å². The van der Waals surface area contributed by atoms with E-state index in [4.69, 9.17) is 0 Å². The van der Waals surface area contributed by atoms with E-state index >= 15 is 0 Å². The Balaban J connectivity index is 3.65. The summed E-state index contributed by atoms with van der Waals surface area (Å²) in [6.07, 6.45) is 3.89. The van der Waals surface area contributed by atoms with E-state index in [2.05, 4.69) is 11.4 Å². The quantitative estimate of drug-likeness (QED) is 0.586. The van der Waals surface area contributed by atoms with Gasteiger partial charge < -0.3 is 18.9 Å². The molecule has 0 aromatic rings. The van der Waals surface area contributed by atoms with Crippen LogP contribution >= 0.6 is 7.82 Å². The highest BCUT2D eigenvalue weighted by molar-refractivity contribution is 7.43. The summed E-state index contributed by atoms with van der Waals surface area (Å²) in [7, 11) is -4.76. The van der Waals surface area contributed by atoms with Crippen molar-refractivity contribution >= 4 is 7.82 Å². The van der Waals surface area contributed by atoms with E-state index in [0.717, 1.165) is 25.7 Å². The number of phosphoric ester groups is 1. The van der Waals surface area contributed by atoms with Gasteiger partial charge in [0, 0.05) is 0 Å². The molecule has 0 spiro atoms. The van der Waals surface area contributed by atoms with Gasteiger partial charge in [-0.2, -0.15) is 0 Å². The number of unbranched alkanes of at least 4 members (excludes halogenated alkanes) is 1. The first-order valence-electron chi connectivity index (χ1n) is 4.66. The van der Waals surface area contributed by atoms with E-state index in [0.29, 0.717) is 0 Å². The number of hydrogen-bond donors (Lipinski definition) is 0. The summed E-state index contributed by atoms with van der Waals surface area (Å²) in [5.41, 5.74) is 0. The average molecular weight is 208 g/mol. The maximum Gasteiger partial charge on any atom is 0.0596 e. The fourth-order valence-corrected chi connectivity index (χ4v) is 1.49. The minimum absolute atomic E-state index is 0.0424. The lowest BCUT2D eigenvalue weighted by molar-refractivity contribution is -0.342. The van der Waals surface area contributed by atoms with Gasteiger partial charge >= 0.3 is 0 Å². The Morgan fingerprint density at radius 1 is 1.38 bits per heavy atom. The van der Waals surface area contributed by atoms with Gasteiger partial charge in [0.05, 0.1) is 14.4 Å². The Morgan fingerprint density at radius 3 is 2.38 bits per heavy atom. The van der Waals surface area contributed by atoms with E-state index in [9.17, 15) is 14.4 Å². The van der Waals surface area contributed by atoms with Crippen molar-refractivity contribution < 1.29 is 18.9 Å². The Kier molecular flexibility index (Phi) is 6.60. The highest BCUT2D eigenvalue weighted by Crippen LogP contribution is 2.27. The third kappa shape index (κ3) is 8.44. The number of phosphoric acid groups is 1. The molecule has 0 aliphatic carbocycles. The van der Waals surface area contributed by atoms with Crippen LogP contribution in [0.2, 0.25) is 0 Å². The van der Waals surface area contributed by atoms with Crippen molar-refractivity contribution in [3.8, 4) is 0 Å². The Labute approximate surface area is 79.5 Å². The lowest BCUT2D eigenvalue weighted by Gasteiger charge is -2.30. The molecule has 80 valence electrons. The second-order valence-corrected chi connectivity index (χ2v) is 4.31. The summed E-state index contributed by atoms with van der Waals surface area (Å²) < 4.78 is 14.4. The van der Waals surface area contributed by atoms with Gasteiger partial charge in [-0.15, -0.1) is 0 Å². The number of hydrogen-bond acceptors (Lipinski definition) is 4. The highest BCUT2D eigenvalue weighted by atomic mass is 31.2. The van der Waals surface area contributed by atoms with Gasteiger partial charge in [-0.25, -0.2) is 0 Å². The molecule has 13 heavy (non-hydrogen) atoms. The van der Waals surface area contributed by atoms with Crippen LogP contribution in [-0.2, 0) is 9.09 Å². The van der Waals surface area contributed by atoms with Crippen molar-refractivity contribution in [2.45, 2.75) is 39.5 Å². The van der Waals surface area contributed by atoms with Gasteiger partial charge in [0.2, 0.25) is 0 Å². The van der Waals surface area contributed by atoms with Crippen molar-refractivity contribution in [2.75, 3.05) is 6.61 Å². The second-order valence-electron chi connectivity index (χ2n) is 3.16. The van der Waals surface area contributed by atoms with Crippen molar-refractivity contribution in [1.29, 1.82) is 0 Å². The second kappa shape index (κ2) is 6.55. The molecule has 0 aliphatic rings. The standard InChI is InChI=1S/C8H19O4P/c1-3-5-6-8(4-2)7-12-13(9,10)11/h8H,3-7H2,1-2H3,(H2,9,10,11)/p-2. The number of rotatable bonds is 7. The van der Waals surface area contributed by atoms with Crippen molar-refractivity contribution in [3.05, 3.63) is 0 Å². The first-order valence-corrected chi connectivity index (χ1v) is 6.12. The zero-order chi connectivity index (χ0) is 10.3. The monoisotopic (exact) mass is 208 g/mol. The maximum absolute atomic E-state index is 10.2. The molecule has 0 N–H and O–H groups in total. The van der Waals surface area contributed by atoms with Gasteiger partial charge in [0.25, 0.3) is 0 Å². The van der Waals surface area contributed by atoms with Crippen LogP contribution in [0.25, 0.3) is 0 Å². The van der Waals surface area contributed by atoms with Gasteiger partial charge in [-0.05, 0) is 12.3 Å². The predicted octanol–water partition coefficient (Wildman–Crippen LogP) is 1.05. The topological polar surface area (TPSA) is 72.4 Å². The van der Waals surface area contributed by atoms with Gasteiger partial charge in [0.15, 0.2) is 0 Å². The molecule has 0 rings (SSSR count). The molecule has 4 nitrogen and oxygen atoms in total. The normalized spacial score (nSPS) is 14.5. The highest BCUT2D eigenvalue weighted by Gasteiger charge is 2.06. The lowest BCUT2D eigenvalue weighted by atomic mass is 10.0. The molecular weight excluding hydrogens is 191 g/mol. The van der Waals surface area contributed by atoms with Crippen molar-refractivity contribution in [3.63, 3.8) is 0 Å². The lowest BCUT2D eigenvalue weighted by Crippen LogP contribution is -2.19.